The highest BCUT2D eigenvalue weighted by molar-refractivity contribution is 5.38. The van der Waals surface area contributed by atoms with Crippen molar-refractivity contribution in [1.82, 2.24) is 4.90 Å². The van der Waals surface area contributed by atoms with Crippen LogP contribution in [0.4, 0.5) is 0 Å². The van der Waals surface area contributed by atoms with E-state index in [-0.39, 0.29) is 0 Å². The Bertz CT molecular complexity index is 725. The fourth-order valence-corrected chi connectivity index (χ4v) is 7.61. The van der Waals surface area contributed by atoms with Crippen molar-refractivity contribution in [3.05, 3.63) is 35.5 Å². The van der Waals surface area contributed by atoms with Crippen molar-refractivity contribution < 1.29 is 10.2 Å². The topological polar surface area (TPSA) is 43.7 Å². The lowest BCUT2D eigenvalue weighted by Gasteiger charge is -2.46. The molecule has 0 unspecified atom stereocenters. The molecule has 0 aromatic heterocycles. The summed E-state index contributed by atoms with van der Waals surface area (Å²) in [5, 5.41) is 20.2. The predicted octanol–water partition coefficient (Wildman–Crippen LogP) is 5.64. The number of aliphatic hydroxyl groups is 2. The number of hydrogen-bond acceptors (Lipinski definition) is 3. The van der Waals surface area contributed by atoms with Crippen LogP contribution >= 0.6 is 0 Å². The first-order valence-corrected chi connectivity index (χ1v) is 13.0. The van der Waals surface area contributed by atoms with Crippen LogP contribution in [0.1, 0.15) is 85.0 Å². The second-order valence-electron chi connectivity index (χ2n) is 11.5. The SMILES string of the molecule is C=C1/C(=C\C=C2/CCC[C@]3(C)[C@@H]([C@H](C)CN4CCCC[C@@H]4C)CC[C@@H]23)C[C@@H](O)C[C@@H]1O. The standard InChI is InChI=1S/C28H45NO2/c1-19(18-29-15-6-5-8-20(29)2)25-12-13-26-22(9-7-14-28(25,26)4)10-11-23-16-24(30)17-27(31)21(23)3/h10-11,19-20,24-27,30-31H,3,5-9,12-18H2,1-2,4H3/b22-10+,23-11-/t19-,20+,24-,25-,26+,27+,28-/m1/s1. The lowest BCUT2D eigenvalue weighted by atomic mass is 9.61. The van der Waals surface area contributed by atoms with Crippen LogP contribution in [-0.2, 0) is 0 Å². The third kappa shape index (κ3) is 4.75. The Balaban J connectivity index is 1.48. The van der Waals surface area contributed by atoms with E-state index in [1.807, 2.05) is 0 Å². The molecule has 3 saturated carbocycles. The van der Waals surface area contributed by atoms with Crippen molar-refractivity contribution in [1.29, 1.82) is 0 Å². The molecule has 4 rings (SSSR count). The average molecular weight is 428 g/mol. The van der Waals surface area contributed by atoms with Crippen LogP contribution in [-0.4, -0.2) is 46.5 Å². The van der Waals surface area contributed by atoms with Gasteiger partial charge in [-0.15, -0.1) is 0 Å². The van der Waals surface area contributed by atoms with Crippen molar-refractivity contribution in [3.8, 4) is 0 Å². The maximum absolute atomic E-state index is 10.2. The Morgan fingerprint density at radius 1 is 1.16 bits per heavy atom. The Morgan fingerprint density at radius 3 is 2.74 bits per heavy atom. The zero-order valence-electron chi connectivity index (χ0n) is 20.2. The molecule has 0 radical (unpaired) electrons. The zero-order valence-corrected chi connectivity index (χ0v) is 20.2. The summed E-state index contributed by atoms with van der Waals surface area (Å²) in [4.78, 5) is 2.76. The minimum Gasteiger partial charge on any atom is -0.393 e. The second kappa shape index (κ2) is 9.53. The number of nitrogens with zero attached hydrogens (tertiary/aromatic N) is 1. The minimum atomic E-state index is -0.598. The van der Waals surface area contributed by atoms with Gasteiger partial charge in [-0.25, -0.2) is 0 Å². The highest BCUT2D eigenvalue weighted by atomic mass is 16.3. The molecule has 0 aromatic rings. The number of hydrogen-bond donors (Lipinski definition) is 2. The lowest BCUT2D eigenvalue weighted by molar-refractivity contribution is 0.0598. The fourth-order valence-electron chi connectivity index (χ4n) is 7.61. The summed E-state index contributed by atoms with van der Waals surface area (Å²) >= 11 is 0. The van der Waals surface area contributed by atoms with Crippen LogP contribution in [0.2, 0.25) is 0 Å². The molecule has 1 heterocycles. The highest BCUT2D eigenvalue weighted by Crippen LogP contribution is 2.59. The molecule has 0 spiro atoms. The number of fused-ring (bicyclic) bond motifs is 1. The van der Waals surface area contributed by atoms with Gasteiger partial charge in [0.2, 0.25) is 0 Å². The van der Waals surface area contributed by atoms with E-state index in [0.29, 0.717) is 24.2 Å². The van der Waals surface area contributed by atoms with Crippen LogP contribution in [0, 0.1) is 23.2 Å². The van der Waals surface area contributed by atoms with Gasteiger partial charge in [-0.3, -0.25) is 0 Å². The largest absolute Gasteiger partial charge is 0.393 e. The molecule has 1 aliphatic heterocycles. The summed E-state index contributed by atoms with van der Waals surface area (Å²) in [6, 6.07) is 0.754. The molecule has 7 atom stereocenters. The number of rotatable bonds is 4. The van der Waals surface area contributed by atoms with E-state index in [0.717, 1.165) is 29.0 Å². The third-order valence-electron chi connectivity index (χ3n) is 9.45. The van der Waals surface area contributed by atoms with E-state index >= 15 is 0 Å². The molecule has 0 amide bonds. The molecular formula is C28H45NO2. The van der Waals surface area contributed by atoms with Gasteiger partial charge in [0.05, 0.1) is 12.2 Å². The molecule has 3 nitrogen and oxygen atoms in total. The number of likely N-dealkylation sites (tertiary alicyclic amines) is 1. The predicted molar refractivity (Wildman–Crippen MR) is 129 cm³/mol. The molecule has 1 saturated heterocycles. The van der Waals surface area contributed by atoms with Crippen LogP contribution in [0.15, 0.2) is 35.5 Å². The summed E-state index contributed by atoms with van der Waals surface area (Å²) in [6.45, 7) is 14.2. The van der Waals surface area contributed by atoms with Crippen LogP contribution in [0.5, 0.6) is 0 Å². The summed E-state index contributed by atoms with van der Waals surface area (Å²) < 4.78 is 0. The van der Waals surface area contributed by atoms with Crippen molar-refractivity contribution in [2.45, 2.75) is 103 Å². The Morgan fingerprint density at radius 2 is 1.97 bits per heavy atom. The van der Waals surface area contributed by atoms with E-state index in [1.54, 1.807) is 5.57 Å². The maximum atomic E-state index is 10.2. The van der Waals surface area contributed by atoms with Crippen molar-refractivity contribution >= 4 is 0 Å². The van der Waals surface area contributed by atoms with E-state index in [1.165, 1.54) is 64.5 Å². The van der Waals surface area contributed by atoms with E-state index in [9.17, 15) is 10.2 Å². The smallest absolute Gasteiger partial charge is 0.0811 e. The van der Waals surface area contributed by atoms with Crippen molar-refractivity contribution in [3.63, 3.8) is 0 Å². The Labute approximate surface area is 190 Å². The molecule has 4 fully saturated rings. The molecule has 3 heteroatoms. The fraction of sp³-hybridized carbons (Fsp3) is 0.786. The second-order valence-corrected chi connectivity index (χ2v) is 11.5. The van der Waals surface area contributed by atoms with Gasteiger partial charge in [0.1, 0.15) is 0 Å². The van der Waals surface area contributed by atoms with Gasteiger partial charge in [0, 0.05) is 19.0 Å². The van der Waals surface area contributed by atoms with Gasteiger partial charge in [-0.2, -0.15) is 0 Å². The molecule has 31 heavy (non-hydrogen) atoms. The zero-order chi connectivity index (χ0) is 22.2. The summed E-state index contributed by atoms with van der Waals surface area (Å²) in [7, 11) is 0. The van der Waals surface area contributed by atoms with Gasteiger partial charge >= 0.3 is 0 Å². The van der Waals surface area contributed by atoms with E-state index in [4.69, 9.17) is 0 Å². The molecule has 0 aromatic carbocycles. The van der Waals surface area contributed by atoms with E-state index < -0.39 is 12.2 Å². The number of allylic oxidation sites excluding steroid dienone is 3. The third-order valence-corrected chi connectivity index (χ3v) is 9.45. The molecule has 4 aliphatic rings. The van der Waals surface area contributed by atoms with Gasteiger partial charge in [0.25, 0.3) is 0 Å². The highest BCUT2D eigenvalue weighted by Gasteiger charge is 2.50. The van der Waals surface area contributed by atoms with Crippen LogP contribution in [0.3, 0.4) is 0 Å². The van der Waals surface area contributed by atoms with Gasteiger partial charge in [-0.05, 0) is 99.1 Å². The quantitative estimate of drug-likeness (QED) is 0.610. The average Bonchev–Trinajstić information content (AvgIpc) is 3.09. The Hall–Kier alpha value is -0.900. The molecule has 3 aliphatic carbocycles. The first kappa shape index (κ1) is 23.3. The van der Waals surface area contributed by atoms with Crippen molar-refractivity contribution in [2.75, 3.05) is 13.1 Å². The first-order valence-electron chi connectivity index (χ1n) is 13.0. The number of aliphatic hydroxyl groups excluding tert-OH is 2. The van der Waals surface area contributed by atoms with Crippen LogP contribution in [0.25, 0.3) is 0 Å². The summed E-state index contributed by atoms with van der Waals surface area (Å²) in [6.07, 6.45) is 15.2. The lowest BCUT2D eigenvalue weighted by Crippen LogP contribution is -2.44. The summed E-state index contributed by atoms with van der Waals surface area (Å²) in [5.74, 6) is 2.27. The number of piperidine rings is 1. The molecule has 0 bridgehead atoms. The first-order chi connectivity index (χ1) is 14.8. The molecular weight excluding hydrogens is 382 g/mol. The monoisotopic (exact) mass is 427 g/mol. The van der Waals surface area contributed by atoms with Crippen molar-refractivity contribution in [2.24, 2.45) is 23.2 Å². The normalized spacial score (nSPS) is 43.4. The van der Waals surface area contributed by atoms with E-state index in [2.05, 4.69) is 44.4 Å². The Kier molecular flexibility index (Phi) is 7.15. The van der Waals surface area contributed by atoms with Gasteiger partial charge in [-0.1, -0.05) is 44.6 Å². The maximum Gasteiger partial charge on any atom is 0.0811 e. The minimum absolute atomic E-state index is 0.419. The van der Waals surface area contributed by atoms with Gasteiger partial charge < -0.3 is 15.1 Å². The summed E-state index contributed by atoms with van der Waals surface area (Å²) in [5.41, 5.74) is 3.86. The molecule has 174 valence electrons. The van der Waals surface area contributed by atoms with Gasteiger partial charge in [0.15, 0.2) is 0 Å². The molecule has 2 N–H and O–H groups in total. The van der Waals surface area contributed by atoms with Crippen LogP contribution < -0.4 is 0 Å².